The summed E-state index contributed by atoms with van der Waals surface area (Å²) in [6, 6.07) is 2.96. The molecule has 1 aliphatic heterocycles. The van der Waals surface area contributed by atoms with Crippen molar-refractivity contribution in [2.75, 3.05) is 24.7 Å². The van der Waals surface area contributed by atoms with Crippen molar-refractivity contribution in [3.05, 3.63) is 18.3 Å². The largest absolute Gasteiger partial charge is 0.324 e. The fourth-order valence-electron chi connectivity index (χ4n) is 2.34. The van der Waals surface area contributed by atoms with Crippen LogP contribution in [0.3, 0.4) is 0 Å². The van der Waals surface area contributed by atoms with Crippen LogP contribution in [-0.4, -0.2) is 38.7 Å². The Kier molecular flexibility index (Phi) is 4.10. The Morgan fingerprint density at radius 3 is 2.70 bits per heavy atom. The van der Waals surface area contributed by atoms with Crippen LogP contribution in [0, 0.1) is 5.41 Å². The van der Waals surface area contributed by atoms with Gasteiger partial charge in [0.1, 0.15) is 0 Å². The minimum absolute atomic E-state index is 0.00300. The number of rotatable bonds is 4. The lowest BCUT2D eigenvalue weighted by molar-refractivity contribution is -0.124. The molecule has 6 nitrogen and oxygen atoms in total. The minimum Gasteiger partial charge on any atom is -0.324 e. The molecule has 0 aromatic carbocycles. The molecule has 1 unspecified atom stereocenters. The third-order valence-electron chi connectivity index (χ3n) is 3.78. The lowest BCUT2D eigenvalue weighted by Gasteiger charge is -2.25. The molecule has 1 aliphatic rings. The summed E-state index contributed by atoms with van der Waals surface area (Å²) in [6.07, 6.45) is 4.05. The summed E-state index contributed by atoms with van der Waals surface area (Å²) < 4.78 is 22.6. The van der Waals surface area contributed by atoms with Crippen LogP contribution in [0.25, 0.3) is 0 Å². The highest BCUT2D eigenvalue weighted by Gasteiger charge is 2.39. The Morgan fingerprint density at radius 1 is 1.50 bits per heavy atom. The van der Waals surface area contributed by atoms with Gasteiger partial charge in [-0.2, -0.15) is 0 Å². The molecular weight excluding hydrogens is 278 g/mol. The lowest BCUT2D eigenvalue weighted by Crippen LogP contribution is -2.37. The maximum atomic E-state index is 12.4. The smallest absolute Gasteiger partial charge is 0.231 e. The normalized spacial score (nSPS) is 22.7. The number of nitrogens with zero attached hydrogens (tertiary/aromatic N) is 1. The molecule has 0 saturated carbocycles. The molecule has 2 rings (SSSR count). The van der Waals surface area contributed by atoms with Gasteiger partial charge in [0.2, 0.25) is 5.91 Å². The average molecular weight is 297 g/mol. The lowest BCUT2D eigenvalue weighted by atomic mass is 9.83. The number of pyridine rings is 1. The number of carbonyl (C=O) groups excluding carboxylic acids is 1. The summed E-state index contributed by atoms with van der Waals surface area (Å²) in [5, 5.41) is 6.03. The van der Waals surface area contributed by atoms with Crippen molar-refractivity contribution in [3.63, 3.8) is 0 Å². The number of anilines is 1. The average Bonchev–Trinajstić information content (AvgIpc) is 2.88. The molecule has 1 aromatic rings. The molecule has 1 saturated heterocycles. The molecule has 110 valence electrons. The van der Waals surface area contributed by atoms with Gasteiger partial charge in [-0.3, -0.25) is 4.79 Å². The van der Waals surface area contributed by atoms with Gasteiger partial charge >= 0.3 is 0 Å². The van der Waals surface area contributed by atoms with Gasteiger partial charge in [0.15, 0.2) is 14.9 Å². The molecule has 0 radical (unpaired) electrons. The Bertz CT molecular complexity index is 590. The van der Waals surface area contributed by atoms with E-state index in [2.05, 4.69) is 15.6 Å². The van der Waals surface area contributed by atoms with Gasteiger partial charge in [-0.05, 0) is 31.5 Å². The first-order valence-electron chi connectivity index (χ1n) is 6.56. The molecule has 1 amide bonds. The second kappa shape index (κ2) is 5.49. The Balaban J connectivity index is 2.12. The number of sulfone groups is 1. The maximum Gasteiger partial charge on any atom is 0.231 e. The zero-order chi connectivity index (χ0) is 14.8. The van der Waals surface area contributed by atoms with E-state index in [-0.39, 0.29) is 16.3 Å². The molecule has 0 spiro atoms. The van der Waals surface area contributed by atoms with Crippen molar-refractivity contribution in [2.24, 2.45) is 5.41 Å². The molecular formula is C13H19N3O3S. The van der Waals surface area contributed by atoms with Crippen molar-refractivity contribution in [2.45, 2.75) is 24.8 Å². The predicted octanol–water partition coefficient (Wildman–Crippen LogP) is 0.813. The van der Waals surface area contributed by atoms with Crippen molar-refractivity contribution < 1.29 is 13.2 Å². The first-order chi connectivity index (χ1) is 9.37. The predicted molar refractivity (Wildman–Crippen MR) is 76.2 cm³/mol. The third-order valence-corrected chi connectivity index (χ3v) is 4.78. The van der Waals surface area contributed by atoms with Crippen LogP contribution in [0.15, 0.2) is 23.4 Å². The van der Waals surface area contributed by atoms with E-state index < -0.39 is 9.84 Å². The Morgan fingerprint density at radius 2 is 2.25 bits per heavy atom. The van der Waals surface area contributed by atoms with E-state index in [1.807, 2.05) is 6.92 Å². The first kappa shape index (κ1) is 14.9. The summed E-state index contributed by atoms with van der Waals surface area (Å²) in [6.45, 7) is 3.51. The van der Waals surface area contributed by atoms with Crippen LogP contribution < -0.4 is 10.6 Å². The number of amides is 1. The molecule has 1 fully saturated rings. The van der Waals surface area contributed by atoms with Crippen LogP contribution in [0.4, 0.5) is 5.69 Å². The molecule has 2 N–H and O–H groups in total. The standard InChI is InChI=1S/C13H19N3O3S/c1-3-13(6-7-14-9-13)12(17)16-10-4-5-11(15-8-10)20(2,18)19/h4-5,8,14H,3,6-7,9H2,1-2H3,(H,16,17). The van der Waals surface area contributed by atoms with Crippen LogP contribution in [0.2, 0.25) is 0 Å². The fourth-order valence-corrected chi connectivity index (χ4v) is 2.90. The van der Waals surface area contributed by atoms with E-state index in [1.165, 1.54) is 12.3 Å². The van der Waals surface area contributed by atoms with Crippen molar-refractivity contribution in [1.29, 1.82) is 0 Å². The highest BCUT2D eigenvalue weighted by molar-refractivity contribution is 7.90. The zero-order valence-corrected chi connectivity index (χ0v) is 12.5. The van der Waals surface area contributed by atoms with E-state index in [0.717, 1.165) is 25.6 Å². The maximum absolute atomic E-state index is 12.4. The second-order valence-electron chi connectivity index (χ2n) is 5.17. The van der Waals surface area contributed by atoms with E-state index >= 15 is 0 Å². The topological polar surface area (TPSA) is 88.2 Å². The molecule has 7 heteroatoms. The Labute approximate surface area is 118 Å². The monoisotopic (exact) mass is 297 g/mol. The fraction of sp³-hybridized carbons (Fsp3) is 0.538. The van der Waals surface area contributed by atoms with Gasteiger partial charge in [0.05, 0.1) is 17.3 Å². The summed E-state index contributed by atoms with van der Waals surface area (Å²) in [7, 11) is -3.31. The van der Waals surface area contributed by atoms with Gasteiger partial charge in [-0.25, -0.2) is 13.4 Å². The molecule has 20 heavy (non-hydrogen) atoms. The number of hydrogen-bond donors (Lipinski definition) is 2. The minimum atomic E-state index is -3.31. The van der Waals surface area contributed by atoms with E-state index in [4.69, 9.17) is 0 Å². The number of carbonyl (C=O) groups is 1. The Hall–Kier alpha value is -1.47. The molecule has 1 atom stereocenters. The van der Waals surface area contributed by atoms with E-state index in [1.54, 1.807) is 6.07 Å². The van der Waals surface area contributed by atoms with E-state index in [9.17, 15) is 13.2 Å². The van der Waals surface area contributed by atoms with E-state index in [0.29, 0.717) is 12.2 Å². The van der Waals surface area contributed by atoms with Crippen LogP contribution in [-0.2, 0) is 14.6 Å². The van der Waals surface area contributed by atoms with Crippen molar-refractivity contribution in [3.8, 4) is 0 Å². The number of hydrogen-bond acceptors (Lipinski definition) is 5. The summed E-state index contributed by atoms with van der Waals surface area (Å²) >= 11 is 0. The SMILES string of the molecule is CCC1(C(=O)Nc2ccc(S(C)(=O)=O)nc2)CCNC1. The summed E-state index contributed by atoms with van der Waals surface area (Å²) in [5.74, 6) is -0.0427. The summed E-state index contributed by atoms with van der Waals surface area (Å²) in [5.41, 5.74) is 0.136. The van der Waals surface area contributed by atoms with Gasteiger partial charge in [0.25, 0.3) is 0 Å². The molecule has 1 aromatic heterocycles. The third kappa shape index (κ3) is 2.99. The van der Waals surface area contributed by atoms with Crippen LogP contribution >= 0.6 is 0 Å². The number of aromatic nitrogens is 1. The molecule has 0 aliphatic carbocycles. The second-order valence-corrected chi connectivity index (χ2v) is 7.13. The van der Waals surface area contributed by atoms with Crippen LogP contribution in [0.5, 0.6) is 0 Å². The van der Waals surface area contributed by atoms with Gasteiger partial charge < -0.3 is 10.6 Å². The molecule has 0 bridgehead atoms. The first-order valence-corrected chi connectivity index (χ1v) is 8.45. The van der Waals surface area contributed by atoms with Gasteiger partial charge in [-0.15, -0.1) is 0 Å². The van der Waals surface area contributed by atoms with Crippen molar-refractivity contribution in [1.82, 2.24) is 10.3 Å². The van der Waals surface area contributed by atoms with Gasteiger partial charge in [0, 0.05) is 12.8 Å². The molecule has 2 heterocycles. The summed E-state index contributed by atoms with van der Waals surface area (Å²) in [4.78, 5) is 16.2. The van der Waals surface area contributed by atoms with Gasteiger partial charge in [-0.1, -0.05) is 6.92 Å². The highest BCUT2D eigenvalue weighted by atomic mass is 32.2. The zero-order valence-electron chi connectivity index (χ0n) is 11.6. The number of nitrogens with one attached hydrogen (secondary N) is 2. The van der Waals surface area contributed by atoms with Crippen molar-refractivity contribution >= 4 is 21.4 Å². The quantitative estimate of drug-likeness (QED) is 0.859. The van der Waals surface area contributed by atoms with Crippen LogP contribution in [0.1, 0.15) is 19.8 Å². The highest BCUT2D eigenvalue weighted by Crippen LogP contribution is 2.30.